The average molecular weight is 353 g/mol. The summed E-state index contributed by atoms with van der Waals surface area (Å²) < 4.78 is 0. The summed E-state index contributed by atoms with van der Waals surface area (Å²) in [7, 11) is 0. The van der Waals surface area contributed by atoms with Gasteiger partial charge in [0, 0.05) is 48.2 Å². The van der Waals surface area contributed by atoms with Crippen molar-refractivity contribution in [3.05, 3.63) is 39.9 Å². The second-order valence-corrected chi connectivity index (χ2v) is 7.17. The zero-order valence-electron chi connectivity index (χ0n) is 13.3. The van der Waals surface area contributed by atoms with E-state index < -0.39 is 0 Å². The van der Waals surface area contributed by atoms with Crippen molar-refractivity contribution in [1.82, 2.24) is 9.80 Å². The van der Waals surface area contributed by atoms with E-state index in [9.17, 15) is 4.79 Å². The van der Waals surface area contributed by atoms with E-state index in [0.29, 0.717) is 34.5 Å². The van der Waals surface area contributed by atoms with Crippen LogP contribution in [-0.4, -0.2) is 47.4 Å². The minimum Gasteiger partial charge on any atom is -0.334 e. The maximum atomic E-state index is 12.1. The summed E-state index contributed by atoms with van der Waals surface area (Å²) in [6.45, 7) is 4.79. The first-order chi connectivity index (χ1) is 11.1. The minimum absolute atomic E-state index is 0.306. The number of rotatable bonds is 4. The SMILES string of the molecule is CCC(=O)N1C2CCC1CN(CC=Cc1ccc(Cl)cc1Cl)C2. The van der Waals surface area contributed by atoms with Crippen LogP contribution in [0.2, 0.25) is 10.0 Å². The first-order valence-electron chi connectivity index (χ1n) is 8.23. The Morgan fingerprint density at radius 1 is 1.26 bits per heavy atom. The van der Waals surface area contributed by atoms with Crippen molar-refractivity contribution in [3.8, 4) is 0 Å². The van der Waals surface area contributed by atoms with Crippen LogP contribution in [-0.2, 0) is 4.79 Å². The number of hydrogen-bond donors (Lipinski definition) is 0. The summed E-state index contributed by atoms with van der Waals surface area (Å²) in [6, 6.07) is 6.34. The molecule has 3 rings (SSSR count). The van der Waals surface area contributed by atoms with Crippen LogP contribution in [0.1, 0.15) is 31.7 Å². The molecule has 2 fully saturated rings. The lowest BCUT2D eigenvalue weighted by Crippen LogP contribution is -2.55. The predicted molar refractivity (Wildman–Crippen MR) is 95.9 cm³/mol. The molecule has 23 heavy (non-hydrogen) atoms. The molecule has 0 aromatic heterocycles. The van der Waals surface area contributed by atoms with Gasteiger partial charge in [-0.3, -0.25) is 9.69 Å². The van der Waals surface area contributed by atoms with Crippen LogP contribution in [0.15, 0.2) is 24.3 Å². The Bertz CT molecular complexity index is 603. The highest BCUT2D eigenvalue weighted by atomic mass is 35.5. The molecule has 3 nitrogen and oxygen atoms in total. The molecule has 0 spiro atoms. The number of carbonyl (C=O) groups is 1. The quantitative estimate of drug-likeness (QED) is 0.814. The van der Waals surface area contributed by atoms with Crippen molar-refractivity contribution >= 4 is 35.2 Å². The summed E-state index contributed by atoms with van der Waals surface area (Å²) in [5.74, 6) is 0.306. The number of fused-ring (bicyclic) bond motifs is 2. The van der Waals surface area contributed by atoms with E-state index in [0.717, 1.165) is 38.0 Å². The number of likely N-dealkylation sites (tertiary alicyclic amines) is 1. The highest BCUT2D eigenvalue weighted by Crippen LogP contribution is 2.30. The number of benzene rings is 1. The first kappa shape index (κ1) is 16.8. The zero-order valence-corrected chi connectivity index (χ0v) is 14.9. The first-order valence-corrected chi connectivity index (χ1v) is 8.99. The maximum Gasteiger partial charge on any atom is 0.222 e. The van der Waals surface area contributed by atoms with E-state index in [1.807, 2.05) is 25.1 Å². The van der Waals surface area contributed by atoms with Crippen molar-refractivity contribution in [1.29, 1.82) is 0 Å². The molecular formula is C18H22Cl2N2O. The molecule has 2 bridgehead atoms. The van der Waals surface area contributed by atoms with Gasteiger partial charge in [0.2, 0.25) is 5.91 Å². The third kappa shape index (κ3) is 3.73. The number of hydrogen-bond acceptors (Lipinski definition) is 2. The lowest BCUT2D eigenvalue weighted by molar-refractivity contribution is -0.136. The van der Waals surface area contributed by atoms with Gasteiger partial charge < -0.3 is 4.90 Å². The fourth-order valence-electron chi connectivity index (χ4n) is 3.69. The molecule has 0 saturated carbocycles. The van der Waals surface area contributed by atoms with Crippen molar-refractivity contribution < 1.29 is 4.79 Å². The van der Waals surface area contributed by atoms with Crippen molar-refractivity contribution in [2.24, 2.45) is 0 Å². The standard InChI is InChI=1S/C18H22Cl2N2O/c1-2-18(23)22-15-7-8-16(22)12-21(11-15)9-3-4-13-5-6-14(19)10-17(13)20/h3-6,10,15-16H,2,7-9,11-12H2,1H3. The molecule has 2 saturated heterocycles. The van der Waals surface area contributed by atoms with Gasteiger partial charge in [-0.1, -0.05) is 48.3 Å². The third-order valence-electron chi connectivity index (χ3n) is 4.77. The Kier molecular flexibility index (Phi) is 5.30. The van der Waals surface area contributed by atoms with Gasteiger partial charge in [0.15, 0.2) is 0 Å². The fourth-order valence-corrected chi connectivity index (χ4v) is 4.17. The van der Waals surface area contributed by atoms with Crippen LogP contribution in [0.4, 0.5) is 0 Å². The van der Waals surface area contributed by atoms with Gasteiger partial charge in [-0.15, -0.1) is 0 Å². The number of piperazine rings is 1. The lowest BCUT2D eigenvalue weighted by atomic mass is 10.1. The van der Waals surface area contributed by atoms with E-state index in [2.05, 4.69) is 15.9 Å². The molecule has 124 valence electrons. The predicted octanol–water partition coefficient (Wildman–Crippen LogP) is 4.09. The Labute approximate surface area is 147 Å². The largest absolute Gasteiger partial charge is 0.334 e. The van der Waals surface area contributed by atoms with Crippen LogP contribution in [0.3, 0.4) is 0 Å². The second kappa shape index (κ2) is 7.25. The second-order valence-electron chi connectivity index (χ2n) is 6.33. The molecule has 2 aliphatic rings. The van der Waals surface area contributed by atoms with Crippen molar-refractivity contribution in [3.63, 3.8) is 0 Å². The highest BCUT2D eigenvalue weighted by molar-refractivity contribution is 6.35. The molecule has 0 radical (unpaired) electrons. The van der Waals surface area contributed by atoms with Gasteiger partial charge >= 0.3 is 0 Å². The van der Waals surface area contributed by atoms with Gasteiger partial charge in [-0.25, -0.2) is 0 Å². The molecule has 2 atom stereocenters. The third-order valence-corrected chi connectivity index (χ3v) is 5.33. The Morgan fingerprint density at radius 3 is 2.57 bits per heavy atom. The van der Waals surface area contributed by atoms with Crippen molar-refractivity contribution in [2.75, 3.05) is 19.6 Å². The topological polar surface area (TPSA) is 23.6 Å². The summed E-state index contributed by atoms with van der Waals surface area (Å²) in [6.07, 6.45) is 7.08. The van der Waals surface area contributed by atoms with Crippen LogP contribution in [0.5, 0.6) is 0 Å². The van der Waals surface area contributed by atoms with Gasteiger partial charge in [0.25, 0.3) is 0 Å². The number of amides is 1. The molecule has 2 unspecified atom stereocenters. The lowest BCUT2D eigenvalue weighted by Gasteiger charge is -2.40. The maximum absolute atomic E-state index is 12.1. The van der Waals surface area contributed by atoms with E-state index in [1.165, 1.54) is 0 Å². The fraction of sp³-hybridized carbons (Fsp3) is 0.500. The summed E-state index contributed by atoms with van der Waals surface area (Å²) in [5, 5.41) is 1.33. The van der Waals surface area contributed by atoms with Gasteiger partial charge in [-0.2, -0.15) is 0 Å². The molecule has 2 aliphatic heterocycles. The molecule has 1 aromatic rings. The van der Waals surface area contributed by atoms with E-state index in [4.69, 9.17) is 23.2 Å². The van der Waals surface area contributed by atoms with Gasteiger partial charge in [0.05, 0.1) is 0 Å². The molecule has 1 aromatic carbocycles. The summed E-state index contributed by atoms with van der Waals surface area (Å²) in [4.78, 5) is 16.6. The Balaban J connectivity index is 1.58. The number of halogens is 2. The van der Waals surface area contributed by atoms with E-state index in [-0.39, 0.29) is 0 Å². The monoisotopic (exact) mass is 352 g/mol. The van der Waals surface area contributed by atoms with E-state index in [1.54, 1.807) is 6.07 Å². The molecule has 1 amide bonds. The van der Waals surface area contributed by atoms with Gasteiger partial charge in [-0.05, 0) is 30.5 Å². The average Bonchev–Trinajstić information content (AvgIpc) is 2.79. The van der Waals surface area contributed by atoms with Crippen LogP contribution in [0, 0.1) is 0 Å². The zero-order chi connectivity index (χ0) is 16.4. The van der Waals surface area contributed by atoms with Crippen LogP contribution < -0.4 is 0 Å². The Hall–Kier alpha value is -1.03. The normalized spacial score (nSPS) is 24.6. The molecule has 2 heterocycles. The molecule has 0 N–H and O–H groups in total. The summed E-state index contributed by atoms with van der Waals surface area (Å²) in [5.41, 5.74) is 0.985. The number of nitrogens with zero attached hydrogens (tertiary/aromatic N) is 2. The van der Waals surface area contributed by atoms with Crippen molar-refractivity contribution in [2.45, 2.75) is 38.3 Å². The smallest absolute Gasteiger partial charge is 0.222 e. The molecular weight excluding hydrogens is 331 g/mol. The number of carbonyl (C=O) groups excluding carboxylic acids is 1. The summed E-state index contributed by atoms with van der Waals surface area (Å²) >= 11 is 12.1. The van der Waals surface area contributed by atoms with Gasteiger partial charge in [0.1, 0.15) is 0 Å². The minimum atomic E-state index is 0.306. The highest BCUT2D eigenvalue weighted by Gasteiger charge is 2.41. The molecule has 0 aliphatic carbocycles. The van der Waals surface area contributed by atoms with E-state index >= 15 is 0 Å². The van der Waals surface area contributed by atoms with Crippen LogP contribution in [0.25, 0.3) is 6.08 Å². The Morgan fingerprint density at radius 2 is 1.96 bits per heavy atom. The molecule has 5 heteroatoms. The van der Waals surface area contributed by atoms with Crippen LogP contribution >= 0.6 is 23.2 Å².